The molecule has 0 aliphatic carbocycles. The molecular weight excluding hydrogens is 370 g/mol. The van der Waals surface area contributed by atoms with E-state index < -0.39 is 41.5 Å². The molecule has 0 saturated carbocycles. The highest BCUT2D eigenvalue weighted by Gasteiger charge is 2.69. The Balaban J connectivity index is 1.89. The fourth-order valence-corrected chi connectivity index (χ4v) is 3.77. The van der Waals surface area contributed by atoms with Crippen molar-refractivity contribution in [3.63, 3.8) is 0 Å². The minimum Gasteiger partial charge on any atom is -0.469 e. The molecule has 2 fully saturated rings. The van der Waals surface area contributed by atoms with Gasteiger partial charge in [-0.25, -0.2) is 14.3 Å². The average molecular weight is 387 g/mol. The highest BCUT2D eigenvalue weighted by molar-refractivity contribution is 5.77. The van der Waals surface area contributed by atoms with Gasteiger partial charge < -0.3 is 24.7 Å². The first-order valence-electron chi connectivity index (χ1n) is 8.39. The number of nitrogens with two attached hydrogens (primary N) is 1. The molecule has 2 saturated heterocycles. The van der Waals surface area contributed by atoms with Crippen LogP contribution in [-0.4, -0.2) is 52.1 Å². The Morgan fingerprint density at radius 1 is 1.43 bits per heavy atom. The minimum atomic E-state index is -1.78. The van der Waals surface area contributed by atoms with Crippen LogP contribution in [0, 0.1) is 16.7 Å². The van der Waals surface area contributed by atoms with Crippen LogP contribution in [0.4, 0.5) is 10.6 Å². The van der Waals surface area contributed by atoms with E-state index in [0.717, 1.165) is 0 Å². The van der Waals surface area contributed by atoms with Gasteiger partial charge in [-0.3, -0.25) is 4.79 Å². The van der Waals surface area contributed by atoms with Gasteiger partial charge in [0.05, 0.1) is 18.2 Å². The molecule has 0 bridgehead atoms. The van der Waals surface area contributed by atoms with Crippen LogP contribution in [-0.2, 0) is 29.3 Å². The van der Waals surface area contributed by atoms with E-state index in [1.165, 1.54) is 18.0 Å². The Morgan fingerprint density at radius 2 is 2.18 bits per heavy atom. The molecule has 0 aromatic carbocycles. The van der Waals surface area contributed by atoms with Gasteiger partial charge >= 0.3 is 12.1 Å². The second-order valence-corrected chi connectivity index (χ2v) is 7.13. The zero-order valence-corrected chi connectivity index (χ0v) is 15.3. The fraction of sp³-hybridized carbons (Fsp3) is 0.471. The molecule has 4 atom stereocenters. The SMILES string of the molecule is COC(=O)C(C)(C)[C@H]1O[C@@](C#N)(c2ccc3c(N)ncnn23)[C@@H]2OC(=O)O[C@@H]21. The smallest absolute Gasteiger partial charge is 0.469 e. The number of anilines is 1. The van der Waals surface area contributed by atoms with E-state index >= 15 is 0 Å². The van der Waals surface area contributed by atoms with Crippen molar-refractivity contribution in [2.45, 2.75) is 37.8 Å². The maximum Gasteiger partial charge on any atom is 0.509 e. The normalized spacial score (nSPS) is 29.1. The molecule has 2 N–H and O–H groups in total. The second-order valence-electron chi connectivity index (χ2n) is 7.13. The van der Waals surface area contributed by atoms with Crippen LogP contribution in [0.5, 0.6) is 0 Å². The molecule has 0 radical (unpaired) electrons. The molecule has 4 heterocycles. The summed E-state index contributed by atoms with van der Waals surface area (Å²) >= 11 is 0. The highest BCUT2D eigenvalue weighted by Crippen LogP contribution is 2.50. The summed E-state index contributed by atoms with van der Waals surface area (Å²) < 4.78 is 22.9. The van der Waals surface area contributed by atoms with E-state index in [2.05, 4.69) is 16.2 Å². The van der Waals surface area contributed by atoms with Crippen LogP contribution in [0.3, 0.4) is 0 Å². The molecule has 2 aromatic rings. The Bertz CT molecular complexity index is 1030. The third-order valence-electron chi connectivity index (χ3n) is 5.22. The lowest BCUT2D eigenvalue weighted by atomic mass is 9.82. The number of hydrogen-bond acceptors (Lipinski definition) is 10. The van der Waals surface area contributed by atoms with Crippen molar-refractivity contribution in [3.05, 3.63) is 24.2 Å². The molecule has 2 aliphatic rings. The van der Waals surface area contributed by atoms with Crippen molar-refractivity contribution >= 4 is 23.5 Å². The van der Waals surface area contributed by atoms with Crippen molar-refractivity contribution in [2.75, 3.05) is 12.8 Å². The number of nitrogen functional groups attached to an aromatic ring is 1. The van der Waals surface area contributed by atoms with Crippen LogP contribution in [0.15, 0.2) is 18.5 Å². The number of ether oxygens (including phenoxy) is 4. The van der Waals surface area contributed by atoms with Crippen molar-refractivity contribution in [1.29, 1.82) is 5.26 Å². The summed E-state index contributed by atoms with van der Waals surface area (Å²) in [5.74, 6) is -0.380. The number of carbonyl (C=O) groups is 2. The van der Waals surface area contributed by atoms with Gasteiger partial charge in [-0.2, -0.15) is 10.4 Å². The number of fused-ring (bicyclic) bond motifs is 2. The Morgan fingerprint density at radius 3 is 2.86 bits per heavy atom. The first-order chi connectivity index (χ1) is 13.3. The van der Waals surface area contributed by atoms with Gasteiger partial charge in [0.1, 0.15) is 24.0 Å². The lowest BCUT2D eigenvalue weighted by Gasteiger charge is -2.31. The predicted molar refractivity (Wildman–Crippen MR) is 90.5 cm³/mol. The molecule has 4 rings (SSSR count). The van der Waals surface area contributed by atoms with Crippen molar-refractivity contribution < 1.29 is 28.5 Å². The van der Waals surface area contributed by atoms with Gasteiger partial charge in [0.25, 0.3) is 0 Å². The van der Waals surface area contributed by atoms with Gasteiger partial charge in [-0.1, -0.05) is 0 Å². The molecule has 0 amide bonds. The third-order valence-corrected chi connectivity index (χ3v) is 5.22. The zero-order valence-electron chi connectivity index (χ0n) is 15.3. The molecule has 2 aromatic heterocycles. The largest absolute Gasteiger partial charge is 0.509 e. The van der Waals surface area contributed by atoms with Crippen LogP contribution in [0.2, 0.25) is 0 Å². The summed E-state index contributed by atoms with van der Waals surface area (Å²) in [5.41, 5.74) is 3.59. The van der Waals surface area contributed by atoms with Crippen LogP contribution >= 0.6 is 0 Å². The van der Waals surface area contributed by atoms with Crippen LogP contribution in [0.25, 0.3) is 5.52 Å². The van der Waals surface area contributed by atoms with E-state index in [9.17, 15) is 14.9 Å². The Labute approximate surface area is 158 Å². The summed E-state index contributed by atoms with van der Waals surface area (Å²) in [7, 11) is 1.24. The molecule has 0 spiro atoms. The standard InChI is InChI=1S/C17H17N5O6/c1-16(2,14(23)25-3)11-10-12(27-15(24)26-10)17(6-18,28-11)9-5-4-8-13(19)20-7-21-22(8)9/h4-5,7,10-12H,1-3H3,(H2,19,20,21)/t10-,11+,12-,17+/m1/s1. The van der Waals surface area contributed by atoms with Crippen molar-refractivity contribution in [1.82, 2.24) is 14.6 Å². The predicted octanol–water partition coefficient (Wildman–Crippen LogP) is 0.532. The number of aromatic nitrogens is 3. The zero-order chi connectivity index (χ0) is 20.3. The number of carbonyl (C=O) groups excluding carboxylic acids is 2. The van der Waals surface area contributed by atoms with E-state index in [0.29, 0.717) is 5.52 Å². The average Bonchev–Trinajstić information content (AvgIpc) is 3.34. The molecule has 0 unspecified atom stereocenters. The quantitative estimate of drug-likeness (QED) is 0.738. The molecule has 2 aliphatic heterocycles. The van der Waals surface area contributed by atoms with Gasteiger partial charge in [-0.15, -0.1) is 0 Å². The van der Waals surface area contributed by atoms with E-state index in [1.807, 2.05) is 0 Å². The summed E-state index contributed by atoms with van der Waals surface area (Å²) in [6, 6.07) is 5.30. The van der Waals surface area contributed by atoms with Crippen molar-refractivity contribution in [3.8, 4) is 6.07 Å². The van der Waals surface area contributed by atoms with E-state index in [1.54, 1.807) is 26.0 Å². The van der Waals surface area contributed by atoms with Crippen LogP contribution < -0.4 is 5.73 Å². The van der Waals surface area contributed by atoms with Gasteiger partial charge in [0.15, 0.2) is 18.0 Å². The number of hydrogen-bond donors (Lipinski definition) is 1. The first-order valence-corrected chi connectivity index (χ1v) is 8.39. The highest BCUT2D eigenvalue weighted by atomic mass is 16.8. The summed E-state index contributed by atoms with van der Waals surface area (Å²) in [6.45, 7) is 3.16. The monoisotopic (exact) mass is 387 g/mol. The van der Waals surface area contributed by atoms with E-state index in [-0.39, 0.29) is 11.5 Å². The lowest BCUT2D eigenvalue weighted by Crippen LogP contribution is -2.45. The molecule has 28 heavy (non-hydrogen) atoms. The lowest BCUT2D eigenvalue weighted by molar-refractivity contribution is -0.167. The molecular formula is C17H17N5O6. The van der Waals surface area contributed by atoms with E-state index in [4.69, 9.17) is 24.7 Å². The molecule has 11 nitrogen and oxygen atoms in total. The maximum absolute atomic E-state index is 12.3. The first kappa shape index (κ1) is 18.0. The third kappa shape index (κ3) is 2.18. The van der Waals surface area contributed by atoms with Gasteiger partial charge in [-0.05, 0) is 26.0 Å². The Kier molecular flexibility index (Phi) is 3.73. The molecule has 11 heteroatoms. The number of nitrogens with zero attached hydrogens (tertiary/aromatic N) is 4. The van der Waals surface area contributed by atoms with Crippen LogP contribution in [0.1, 0.15) is 19.5 Å². The minimum absolute atomic E-state index is 0.204. The number of methoxy groups -OCH3 is 1. The topological polar surface area (TPSA) is 151 Å². The summed E-state index contributed by atoms with van der Waals surface area (Å²) in [4.78, 5) is 28.1. The number of esters is 1. The Hall–Kier alpha value is -3.39. The van der Waals surface area contributed by atoms with Crippen molar-refractivity contribution in [2.24, 2.45) is 5.41 Å². The number of rotatable bonds is 3. The fourth-order valence-electron chi connectivity index (χ4n) is 3.77. The second kappa shape index (κ2) is 5.80. The van der Waals surface area contributed by atoms with Gasteiger partial charge in [0, 0.05) is 0 Å². The van der Waals surface area contributed by atoms with Gasteiger partial charge in [0.2, 0.25) is 5.60 Å². The maximum atomic E-state index is 12.3. The number of nitriles is 1. The summed E-state index contributed by atoms with van der Waals surface area (Å²) in [5, 5.41) is 14.2. The summed E-state index contributed by atoms with van der Waals surface area (Å²) in [6.07, 6.45) is -2.82. The molecule has 146 valence electrons.